The van der Waals surface area contributed by atoms with Crippen molar-refractivity contribution in [3.63, 3.8) is 0 Å². The molecule has 0 saturated heterocycles. The van der Waals surface area contributed by atoms with Crippen LogP contribution in [0.5, 0.6) is 0 Å². The predicted molar refractivity (Wildman–Crippen MR) is 88.1 cm³/mol. The second-order valence-electron chi connectivity index (χ2n) is 5.28. The van der Waals surface area contributed by atoms with Crippen molar-refractivity contribution in [2.45, 2.75) is 0 Å². The summed E-state index contributed by atoms with van der Waals surface area (Å²) in [6.45, 7) is 0. The van der Waals surface area contributed by atoms with Gasteiger partial charge in [0.2, 0.25) is 0 Å². The summed E-state index contributed by atoms with van der Waals surface area (Å²) in [5.74, 6) is 0. The average molecular weight is 273 g/mol. The number of nitrogens with zero attached hydrogens (tertiary/aromatic N) is 2. The molecule has 0 unspecified atom stereocenters. The van der Waals surface area contributed by atoms with E-state index in [1.165, 1.54) is 10.9 Å². The molecule has 4 aromatic rings. The van der Waals surface area contributed by atoms with Gasteiger partial charge in [0.15, 0.2) is 0 Å². The fourth-order valence-electron chi connectivity index (χ4n) is 2.87. The fourth-order valence-corrected chi connectivity index (χ4v) is 2.87. The first-order valence-corrected chi connectivity index (χ1v) is 6.94. The van der Waals surface area contributed by atoms with E-state index in [2.05, 4.69) is 35.0 Å². The van der Waals surface area contributed by atoms with Crippen molar-refractivity contribution in [3.05, 3.63) is 60.8 Å². The highest BCUT2D eigenvalue weighted by Crippen LogP contribution is 2.31. The molecule has 0 aliphatic rings. The minimum atomic E-state index is 0.767. The third-order valence-electron chi connectivity index (χ3n) is 3.95. The molecule has 3 heteroatoms. The van der Waals surface area contributed by atoms with Crippen molar-refractivity contribution in [1.29, 1.82) is 0 Å². The van der Waals surface area contributed by atoms with Gasteiger partial charge in [-0.1, -0.05) is 30.3 Å². The highest BCUT2D eigenvalue weighted by molar-refractivity contribution is 5.98. The first-order chi connectivity index (χ1) is 10.2. The van der Waals surface area contributed by atoms with E-state index in [1.54, 1.807) is 0 Å². The van der Waals surface area contributed by atoms with Crippen molar-refractivity contribution in [1.82, 2.24) is 9.55 Å². The van der Waals surface area contributed by atoms with Crippen molar-refractivity contribution in [2.24, 2.45) is 7.05 Å². The van der Waals surface area contributed by atoms with Gasteiger partial charge in [0.25, 0.3) is 0 Å². The topological polar surface area (TPSA) is 43.8 Å². The molecule has 0 fully saturated rings. The quantitative estimate of drug-likeness (QED) is 0.570. The zero-order chi connectivity index (χ0) is 14.4. The Kier molecular flexibility index (Phi) is 2.48. The molecule has 0 aliphatic carbocycles. The molecular weight excluding hydrogens is 258 g/mol. The Balaban J connectivity index is 2.04. The number of pyridine rings is 1. The van der Waals surface area contributed by atoms with Crippen LogP contribution in [0, 0.1) is 0 Å². The Bertz CT molecular complexity index is 967. The molecule has 2 aromatic carbocycles. The first-order valence-electron chi connectivity index (χ1n) is 6.94. The van der Waals surface area contributed by atoms with Gasteiger partial charge in [0.05, 0.1) is 11.2 Å². The van der Waals surface area contributed by atoms with E-state index in [0.29, 0.717) is 0 Å². The van der Waals surface area contributed by atoms with Gasteiger partial charge in [0.1, 0.15) is 0 Å². The summed E-state index contributed by atoms with van der Waals surface area (Å²) in [5.41, 5.74) is 11.1. The van der Waals surface area contributed by atoms with E-state index in [9.17, 15) is 0 Å². The molecule has 21 heavy (non-hydrogen) atoms. The lowest BCUT2D eigenvalue weighted by atomic mass is 10.0. The normalized spacial score (nSPS) is 11.3. The molecule has 0 radical (unpaired) electrons. The summed E-state index contributed by atoms with van der Waals surface area (Å²) >= 11 is 0. The zero-order valence-corrected chi connectivity index (χ0v) is 11.7. The molecule has 102 valence electrons. The van der Waals surface area contributed by atoms with Crippen LogP contribution >= 0.6 is 0 Å². The highest BCUT2D eigenvalue weighted by atomic mass is 14.9. The number of aryl methyl sites for hydroxylation is 1. The van der Waals surface area contributed by atoms with Crippen LogP contribution in [0.25, 0.3) is 33.1 Å². The number of nitrogen functional groups attached to an aromatic ring is 1. The molecule has 0 atom stereocenters. The number of fused-ring (bicyclic) bond motifs is 2. The molecule has 0 saturated carbocycles. The van der Waals surface area contributed by atoms with Crippen LogP contribution in [0.2, 0.25) is 0 Å². The molecule has 0 bridgehead atoms. The number of hydrogen-bond donors (Lipinski definition) is 1. The summed E-state index contributed by atoms with van der Waals surface area (Å²) in [6.07, 6.45) is 2.07. The molecule has 2 N–H and O–H groups in total. The maximum atomic E-state index is 6.20. The third-order valence-corrected chi connectivity index (χ3v) is 3.95. The second-order valence-corrected chi connectivity index (χ2v) is 5.28. The van der Waals surface area contributed by atoms with Gasteiger partial charge in [-0.15, -0.1) is 0 Å². The van der Waals surface area contributed by atoms with E-state index in [-0.39, 0.29) is 0 Å². The summed E-state index contributed by atoms with van der Waals surface area (Å²) < 4.78 is 2.11. The van der Waals surface area contributed by atoms with Crippen molar-refractivity contribution < 1.29 is 0 Å². The Morgan fingerprint density at radius 3 is 2.71 bits per heavy atom. The Hall–Kier alpha value is -2.81. The summed E-state index contributed by atoms with van der Waals surface area (Å²) in [4.78, 5) is 4.78. The number of aromatic nitrogens is 2. The van der Waals surface area contributed by atoms with Crippen LogP contribution in [-0.2, 0) is 7.05 Å². The number of benzene rings is 2. The van der Waals surface area contributed by atoms with Gasteiger partial charge in [-0.2, -0.15) is 0 Å². The molecule has 0 spiro atoms. The van der Waals surface area contributed by atoms with Crippen LogP contribution in [0.1, 0.15) is 0 Å². The monoisotopic (exact) mass is 273 g/mol. The minimum Gasteiger partial charge on any atom is -0.398 e. The smallest absolute Gasteiger partial charge is 0.0737 e. The third kappa shape index (κ3) is 1.78. The van der Waals surface area contributed by atoms with Crippen molar-refractivity contribution in [3.8, 4) is 11.3 Å². The largest absolute Gasteiger partial charge is 0.398 e. The lowest BCUT2D eigenvalue weighted by Crippen LogP contribution is -1.93. The van der Waals surface area contributed by atoms with Gasteiger partial charge in [0, 0.05) is 40.8 Å². The molecule has 3 nitrogen and oxygen atoms in total. The van der Waals surface area contributed by atoms with Gasteiger partial charge in [-0.3, -0.25) is 0 Å². The highest BCUT2D eigenvalue weighted by Gasteiger charge is 2.09. The SMILES string of the molecule is Cn1ccc2c(-c3cc(N)c4ccccc4n3)cccc21. The van der Waals surface area contributed by atoms with Crippen LogP contribution in [0.15, 0.2) is 60.8 Å². The molecule has 2 aromatic heterocycles. The number of anilines is 1. The molecular formula is C18H15N3. The average Bonchev–Trinajstić information content (AvgIpc) is 2.89. The Morgan fingerprint density at radius 1 is 0.952 bits per heavy atom. The number of rotatable bonds is 1. The lowest BCUT2D eigenvalue weighted by molar-refractivity contribution is 0.969. The predicted octanol–water partition coefficient (Wildman–Crippen LogP) is 3.98. The van der Waals surface area contributed by atoms with Gasteiger partial charge in [-0.05, 0) is 24.3 Å². The van der Waals surface area contributed by atoms with Crippen LogP contribution in [0.3, 0.4) is 0 Å². The maximum Gasteiger partial charge on any atom is 0.0737 e. The number of para-hydroxylation sites is 1. The molecule has 2 heterocycles. The van der Waals surface area contributed by atoms with Gasteiger partial charge < -0.3 is 10.3 Å². The van der Waals surface area contributed by atoms with Crippen molar-refractivity contribution >= 4 is 27.5 Å². The van der Waals surface area contributed by atoms with E-state index in [4.69, 9.17) is 10.7 Å². The van der Waals surface area contributed by atoms with Crippen molar-refractivity contribution in [2.75, 3.05) is 5.73 Å². The van der Waals surface area contributed by atoms with E-state index in [1.807, 2.05) is 37.4 Å². The molecule has 0 aliphatic heterocycles. The van der Waals surface area contributed by atoms with E-state index < -0.39 is 0 Å². The summed E-state index contributed by atoms with van der Waals surface area (Å²) in [6, 6.07) is 18.3. The van der Waals surface area contributed by atoms with E-state index in [0.717, 1.165) is 27.8 Å². The Morgan fingerprint density at radius 2 is 1.81 bits per heavy atom. The summed E-state index contributed by atoms with van der Waals surface area (Å²) in [7, 11) is 2.05. The minimum absolute atomic E-state index is 0.767. The maximum absolute atomic E-state index is 6.20. The zero-order valence-electron chi connectivity index (χ0n) is 11.7. The Labute approximate surface area is 122 Å². The number of hydrogen-bond acceptors (Lipinski definition) is 2. The van der Waals surface area contributed by atoms with Gasteiger partial charge in [-0.25, -0.2) is 4.98 Å². The summed E-state index contributed by atoms with van der Waals surface area (Å²) in [5, 5.41) is 2.20. The number of nitrogens with two attached hydrogens (primary N) is 1. The van der Waals surface area contributed by atoms with Gasteiger partial charge >= 0.3 is 0 Å². The van der Waals surface area contributed by atoms with Crippen LogP contribution < -0.4 is 5.73 Å². The first kappa shape index (κ1) is 12.0. The lowest BCUT2D eigenvalue weighted by Gasteiger charge is -2.08. The fraction of sp³-hybridized carbons (Fsp3) is 0.0556. The molecule has 4 rings (SSSR count). The molecule has 0 amide bonds. The standard InChI is InChI=1S/C18H15N3/c1-21-10-9-13-12(6-4-8-18(13)21)17-11-15(19)14-5-2-3-7-16(14)20-17/h2-11H,1H3,(H2,19,20). The van der Waals surface area contributed by atoms with Crippen LogP contribution in [0.4, 0.5) is 5.69 Å². The van der Waals surface area contributed by atoms with Crippen LogP contribution in [-0.4, -0.2) is 9.55 Å². The second kappa shape index (κ2) is 4.35. The van der Waals surface area contributed by atoms with E-state index >= 15 is 0 Å².